The smallest absolute Gasteiger partial charge is 0.168 e. The van der Waals surface area contributed by atoms with Crippen molar-refractivity contribution < 1.29 is 14.4 Å². The molecule has 0 aliphatic rings. The summed E-state index contributed by atoms with van der Waals surface area (Å²) in [5, 5.41) is 0. The van der Waals surface area contributed by atoms with Crippen LogP contribution in [0.5, 0.6) is 0 Å². The highest BCUT2D eigenvalue weighted by Gasteiger charge is 2.26. The quantitative estimate of drug-likeness (QED) is 0.115. The Morgan fingerprint density at radius 1 is 0.218 bits per heavy atom. The molecule has 0 fully saturated rings. The second kappa shape index (κ2) is 26.1. The van der Waals surface area contributed by atoms with E-state index in [0.29, 0.717) is 0 Å². The molecule has 0 saturated carbocycles. The summed E-state index contributed by atoms with van der Waals surface area (Å²) in [5.74, 6) is 0.413. The lowest BCUT2D eigenvalue weighted by atomic mass is 9.85. The van der Waals surface area contributed by atoms with Crippen molar-refractivity contribution in [1.82, 2.24) is 0 Å². The van der Waals surface area contributed by atoms with Crippen molar-refractivity contribution in [2.75, 3.05) is 0 Å². The first-order valence-corrected chi connectivity index (χ1v) is 31.7. The van der Waals surface area contributed by atoms with Crippen LogP contribution in [0.3, 0.4) is 0 Å². The van der Waals surface area contributed by atoms with Gasteiger partial charge in [-0.3, -0.25) is 14.4 Å². The molecule has 0 unspecified atom stereocenters. The van der Waals surface area contributed by atoms with Crippen LogP contribution in [-0.2, 0) is 0 Å². The van der Waals surface area contributed by atoms with Crippen LogP contribution in [0.4, 0.5) is 0 Å². The molecular weight excluding hydrogens is 1260 g/mol. The molecule has 0 heterocycles. The maximum Gasteiger partial charge on any atom is 0.168 e. The van der Waals surface area contributed by atoms with Crippen molar-refractivity contribution >= 4 is 65.1 Å². The average molecular weight is 1330 g/mol. The highest BCUT2D eigenvalue weighted by atomic mass is 79.9. The van der Waals surface area contributed by atoms with Gasteiger partial charge in [0.15, 0.2) is 17.3 Å². The van der Waals surface area contributed by atoms with Crippen molar-refractivity contribution in [3.8, 4) is 100 Å². The van der Waals surface area contributed by atoms with Crippen molar-refractivity contribution in [1.29, 1.82) is 0 Å². The molecular formula is C81H69Br3O3. The number of rotatable bonds is 12. The molecule has 0 N–H and O–H groups in total. The first-order chi connectivity index (χ1) is 41.5. The molecule has 87 heavy (non-hydrogen) atoms. The molecule has 11 aromatic rings. The van der Waals surface area contributed by atoms with Gasteiger partial charge in [-0.05, 0) is 155 Å². The third kappa shape index (κ3) is 14.2. The zero-order valence-electron chi connectivity index (χ0n) is 50.6. The Bertz CT molecular complexity index is 4150. The highest BCUT2D eigenvalue weighted by molar-refractivity contribution is 9.11. The minimum atomic E-state index is -0.440. The number of hydrogen-bond acceptors (Lipinski definition) is 3. The van der Waals surface area contributed by atoms with E-state index in [1.807, 2.05) is 117 Å². The zero-order chi connectivity index (χ0) is 61.8. The van der Waals surface area contributed by atoms with Gasteiger partial charge >= 0.3 is 0 Å². The Balaban J connectivity index is 0.000000199. The predicted molar refractivity (Wildman–Crippen MR) is 376 cm³/mol. The van der Waals surface area contributed by atoms with Crippen LogP contribution >= 0.6 is 47.8 Å². The number of benzene rings is 11. The van der Waals surface area contributed by atoms with E-state index in [0.717, 1.165) is 130 Å². The van der Waals surface area contributed by atoms with Gasteiger partial charge in [-0.15, -0.1) is 0 Å². The Kier molecular flexibility index (Phi) is 18.6. The summed E-state index contributed by atoms with van der Waals surface area (Å²) in [7, 11) is 0. The van der Waals surface area contributed by atoms with Crippen molar-refractivity contribution in [3.63, 3.8) is 0 Å². The molecule has 11 aromatic carbocycles. The molecule has 0 atom stereocenters. The minimum Gasteiger partial charge on any atom is -0.294 e. The van der Waals surface area contributed by atoms with Gasteiger partial charge in [-0.25, -0.2) is 0 Å². The standard InChI is InChI=1S/C46H41BrO2.C35H28Br2O/c1-45(2,3)43(48)32-23-19-30(20-24-32)37-13-7-9-15-39(37)34-27-35(29-36(28-34)41-17-11-12-18-42(41)47)40-16-10-8-14-38(40)31-21-25-33(26-22-31)44(49)46(4,5)6;1-35(2,3)34(38)24-18-16-23(17-19-24)28-10-4-5-11-29(28)25-20-26(30-12-6-8-14-32(30)36)22-27(21-25)31-13-7-9-15-33(31)37/h7-29H,1-6H3;4-22H,1-3H3. The van der Waals surface area contributed by atoms with Crippen LogP contribution in [0.1, 0.15) is 93.4 Å². The number of halogens is 3. The average Bonchev–Trinajstić information content (AvgIpc) is 1.64. The molecule has 0 aromatic heterocycles. The third-order valence-electron chi connectivity index (χ3n) is 15.6. The van der Waals surface area contributed by atoms with Gasteiger partial charge in [0.05, 0.1) is 0 Å². The van der Waals surface area contributed by atoms with E-state index >= 15 is 0 Å². The van der Waals surface area contributed by atoms with Crippen LogP contribution in [0.25, 0.3) is 100 Å². The summed E-state index contributed by atoms with van der Waals surface area (Å²) in [4.78, 5) is 38.7. The summed E-state index contributed by atoms with van der Waals surface area (Å²) >= 11 is 11.3. The molecule has 0 aliphatic carbocycles. The molecule has 0 spiro atoms. The van der Waals surface area contributed by atoms with Crippen molar-refractivity contribution in [3.05, 3.63) is 285 Å². The second-order valence-electron chi connectivity index (χ2n) is 25.1. The van der Waals surface area contributed by atoms with Gasteiger partial charge in [0.2, 0.25) is 0 Å². The third-order valence-corrected chi connectivity index (χ3v) is 17.6. The number of Topliss-reactive ketones (excluding diaryl/α,β-unsaturated/α-hetero) is 3. The van der Waals surface area contributed by atoms with Crippen LogP contribution in [0.2, 0.25) is 0 Å². The fourth-order valence-corrected chi connectivity index (χ4v) is 12.5. The SMILES string of the molecule is CC(C)(C)C(=O)c1ccc(-c2ccccc2-c2cc(-c3ccccc3Br)cc(-c3ccccc3-c3ccc(C(=O)C(C)(C)C)cc3)c2)cc1.CC(C)(C)C(=O)c1ccc(-c2ccccc2-c2cc(-c3ccccc3Br)cc(-c3ccccc3Br)c2)cc1. The van der Waals surface area contributed by atoms with E-state index < -0.39 is 16.2 Å². The van der Waals surface area contributed by atoms with Gasteiger partial charge in [0, 0.05) is 46.4 Å². The van der Waals surface area contributed by atoms with Crippen LogP contribution < -0.4 is 0 Å². The molecule has 11 rings (SSSR count). The fraction of sp³-hybridized carbons (Fsp3) is 0.148. The summed E-state index contributed by atoms with van der Waals surface area (Å²) in [6.07, 6.45) is 0. The molecule has 6 heteroatoms. The van der Waals surface area contributed by atoms with Crippen LogP contribution in [-0.4, -0.2) is 17.3 Å². The lowest BCUT2D eigenvalue weighted by Gasteiger charge is -2.18. The first-order valence-electron chi connectivity index (χ1n) is 29.3. The molecule has 0 saturated heterocycles. The van der Waals surface area contributed by atoms with Crippen LogP contribution in [0.15, 0.2) is 268 Å². The minimum absolute atomic E-state index is 0.132. The Hall–Kier alpha value is -8.13. The topological polar surface area (TPSA) is 51.2 Å². The monoisotopic (exact) mass is 1330 g/mol. The molecule has 0 bridgehead atoms. The normalized spacial score (nSPS) is 11.6. The predicted octanol–water partition coefficient (Wildman–Crippen LogP) is 24.4. The zero-order valence-corrected chi connectivity index (χ0v) is 55.4. The molecule has 432 valence electrons. The molecule has 0 aliphatic heterocycles. The van der Waals surface area contributed by atoms with E-state index in [9.17, 15) is 14.4 Å². The fourth-order valence-electron chi connectivity index (χ4n) is 10.9. The largest absolute Gasteiger partial charge is 0.294 e. The number of carbonyl (C=O) groups excluding carboxylic acids is 3. The van der Waals surface area contributed by atoms with Gasteiger partial charge in [-0.2, -0.15) is 0 Å². The Labute approximate surface area is 539 Å². The number of hydrogen-bond donors (Lipinski definition) is 0. The number of carbonyl (C=O) groups is 3. The second-order valence-corrected chi connectivity index (χ2v) is 27.7. The van der Waals surface area contributed by atoms with Gasteiger partial charge < -0.3 is 0 Å². The molecule has 0 radical (unpaired) electrons. The Morgan fingerprint density at radius 3 is 0.563 bits per heavy atom. The van der Waals surface area contributed by atoms with E-state index in [4.69, 9.17) is 0 Å². The van der Waals surface area contributed by atoms with Crippen LogP contribution in [0, 0.1) is 16.2 Å². The lowest BCUT2D eigenvalue weighted by Crippen LogP contribution is -2.19. The van der Waals surface area contributed by atoms with Gasteiger partial charge in [0.25, 0.3) is 0 Å². The Morgan fingerprint density at radius 2 is 0.379 bits per heavy atom. The van der Waals surface area contributed by atoms with Crippen molar-refractivity contribution in [2.45, 2.75) is 62.3 Å². The highest BCUT2D eigenvalue weighted by Crippen LogP contribution is 2.44. The summed E-state index contributed by atoms with van der Waals surface area (Å²) in [5.41, 5.74) is 20.9. The first kappa shape index (κ1) is 61.9. The van der Waals surface area contributed by atoms with E-state index in [1.165, 1.54) is 0 Å². The maximum atomic E-state index is 13.0. The van der Waals surface area contributed by atoms with E-state index in [1.54, 1.807) is 0 Å². The summed E-state index contributed by atoms with van der Waals surface area (Å²) in [6, 6.07) is 87.9. The van der Waals surface area contributed by atoms with Gasteiger partial charge in [-0.1, -0.05) is 310 Å². The lowest BCUT2D eigenvalue weighted by molar-refractivity contribution is 0.0852. The van der Waals surface area contributed by atoms with E-state index in [-0.39, 0.29) is 17.3 Å². The summed E-state index contributed by atoms with van der Waals surface area (Å²) in [6.45, 7) is 17.6. The summed E-state index contributed by atoms with van der Waals surface area (Å²) < 4.78 is 3.14. The molecule has 0 amide bonds. The van der Waals surface area contributed by atoms with Crippen molar-refractivity contribution in [2.24, 2.45) is 16.2 Å². The van der Waals surface area contributed by atoms with Gasteiger partial charge in [0.1, 0.15) is 0 Å². The van der Waals surface area contributed by atoms with E-state index in [2.05, 4.69) is 248 Å². The maximum absolute atomic E-state index is 13.0. The number of ketones is 3. The molecule has 3 nitrogen and oxygen atoms in total.